The number of methoxy groups -OCH3 is 2. The Balaban J connectivity index is 2.05. The Morgan fingerprint density at radius 2 is 1.44 bits per heavy atom. The van der Waals surface area contributed by atoms with E-state index in [1.807, 2.05) is 54.6 Å². The number of aromatic nitrogens is 2. The molecule has 138 valence electrons. The molecule has 0 radical (unpaired) electrons. The van der Waals surface area contributed by atoms with Crippen molar-refractivity contribution in [3.8, 4) is 33.9 Å². The Kier molecular flexibility index (Phi) is 5.66. The number of carboxylic acids is 1. The van der Waals surface area contributed by atoms with Crippen LogP contribution in [0.4, 0.5) is 0 Å². The van der Waals surface area contributed by atoms with E-state index < -0.39 is 5.97 Å². The lowest BCUT2D eigenvalue weighted by Gasteiger charge is -2.11. The highest BCUT2D eigenvalue weighted by molar-refractivity contribution is 5.81. The Morgan fingerprint density at radius 3 is 1.96 bits per heavy atom. The largest absolute Gasteiger partial charge is 0.497 e. The van der Waals surface area contributed by atoms with E-state index in [1.165, 1.54) is 0 Å². The smallest absolute Gasteiger partial charge is 0.303 e. The number of rotatable bonds is 7. The van der Waals surface area contributed by atoms with Gasteiger partial charge in [0, 0.05) is 17.5 Å². The van der Waals surface area contributed by atoms with Crippen LogP contribution in [-0.4, -0.2) is 35.5 Å². The van der Waals surface area contributed by atoms with Gasteiger partial charge < -0.3 is 14.6 Å². The molecule has 0 spiro atoms. The van der Waals surface area contributed by atoms with E-state index in [4.69, 9.17) is 14.6 Å². The number of carboxylic acid groups (broad SMARTS) is 1. The van der Waals surface area contributed by atoms with Crippen LogP contribution in [0.1, 0.15) is 12.1 Å². The maximum absolute atomic E-state index is 10.9. The molecule has 0 saturated heterocycles. The summed E-state index contributed by atoms with van der Waals surface area (Å²) < 4.78 is 10.4. The van der Waals surface area contributed by atoms with Gasteiger partial charge in [0.2, 0.25) is 0 Å². The summed E-state index contributed by atoms with van der Waals surface area (Å²) in [6.07, 6.45) is 0.340. The third-order valence-corrected chi connectivity index (χ3v) is 4.20. The predicted octanol–water partition coefficient (Wildman–Crippen LogP) is 3.85. The van der Waals surface area contributed by atoms with Crippen molar-refractivity contribution in [3.05, 3.63) is 60.3 Å². The summed E-state index contributed by atoms with van der Waals surface area (Å²) in [6.45, 7) is 0. The first kappa shape index (κ1) is 18.4. The zero-order valence-electron chi connectivity index (χ0n) is 15.2. The Morgan fingerprint density at radius 1 is 0.889 bits per heavy atom. The second kappa shape index (κ2) is 8.31. The minimum atomic E-state index is -0.859. The molecule has 0 bridgehead atoms. The molecular formula is C21H20N2O4. The van der Waals surface area contributed by atoms with E-state index >= 15 is 0 Å². The van der Waals surface area contributed by atoms with Crippen LogP contribution in [0.25, 0.3) is 22.4 Å². The van der Waals surface area contributed by atoms with E-state index in [9.17, 15) is 4.79 Å². The zero-order chi connectivity index (χ0) is 19.2. The average molecular weight is 364 g/mol. The summed E-state index contributed by atoms with van der Waals surface area (Å²) in [6, 6.07) is 17.1. The van der Waals surface area contributed by atoms with E-state index in [-0.39, 0.29) is 6.42 Å². The van der Waals surface area contributed by atoms with Gasteiger partial charge in [-0.15, -0.1) is 5.10 Å². The van der Waals surface area contributed by atoms with Gasteiger partial charge in [0.15, 0.2) is 0 Å². The fourth-order valence-corrected chi connectivity index (χ4v) is 2.74. The molecule has 6 heteroatoms. The van der Waals surface area contributed by atoms with Crippen molar-refractivity contribution < 1.29 is 19.4 Å². The van der Waals surface area contributed by atoms with Gasteiger partial charge in [-0.05, 0) is 48.0 Å². The summed E-state index contributed by atoms with van der Waals surface area (Å²) in [5.41, 5.74) is 4.10. The molecule has 3 rings (SSSR count). The monoisotopic (exact) mass is 364 g/mol. The van der Waals surface area contributed by atoms with Crippen molar-refractivity contribution in [1.82, 2.24) is 10.2 Å². The summed E-state index contributed by atoms with van der Waals surface area (Å²) >= 11 is 0. The number of aliphatic carboxylic acids is 1. The van der Waals surface area contributed by atoms with Crippen molar-refractivity contribution in [2.75, 3.05) is 14.2 Å². The molecule has 1 aromatic heterocycles. The van der Waals surface area contributed by atoms with Crippen LogP contribution < -0.4 is 9.47 Å². The third-order valence-electron chi connectivity index (χ3n) is 4.20. The molecule has 0 unspecified atom stereocenters. The maximum Gasteiger partial charge on any atom is 0.303 e. The lowest BCUT2D eigenvalue weighted by atomic mass is 9.98. The minimum absolute atomic E-state index is 0.0125. The number of ether oxygens (including phenoxy) is 2. The van der Waals surface area contributed by atoms with Gasteiger partial charge in [-0.1, -0.05) is 12.1 Å². The topological polar surface area (TPSA) is 81.5 Å². The highest BCUT2D eigenvalue weighted by Gasteiger charge is 2.13. The van der Waals surface area contributed by atoms with Gasteiger partial charge in [0.1, 0.15) is 17.2 Å². The highest BCUT2D eigenvalue weighted by Crippen LogP contribution is 2.32. The molecule has 2 aromatic carbocycles. The summed E-state index contributed by atoms with van der Waals surface area (Å²) in [5.74, 6) is 0.663. The molecule has 6 nitrogen and oxygen atoms in total. The molecule has 0 amide bonds. The quantitative estimate of drug-likeness (QED) is 0.686. The van der Waals surface area contributed by atoms with Gasteiger partial charge in [0.05, 0.1) is 26.3 Å². The molecule has 27 heavy (non-hydrogen) atoms. The van der Waals surface area contributed by atoms with E-state index in [2.05, 4.69) is 10.2 Å². The standard InChI is InChI=1S/C21H20N2O4/c1-26-17-8-3-14(4-9-17)19-13-16(7-12-20(24)25)22-23-21(19)15-5-10-18(27-2)11-6-15/h3-6,8-11,13H,7,12H2,1-2H3,(H,24,25). The Hall–Kier alpha value is -3.41. The van der Waals surface area contributed by atoms with E-state index in [0.29, 0.717) is 12.1 Å². The van der Waals surface area contributed by atoms with Crippen molar-refractivity contribution >= 4 is 5.97 Å². The summed E-state index contributed by atoms with van der Waals surface area (Å²) in [5, 5.41) is 17.5. The highest BCUT2D eigenvalue weighted by atomic mass is 16.5. The summed E-state index contributed by atoms with van der Waals surface area (Å²) in [7, 11) is 3.24. The first-order chi connectivity index (χ1) is 13.1. The molecule has 0 saturated carbocycles. The molecule has 1 heterocycles. The molecule has 0 fully saturated rings. The fourth-order valence-electron chi connectivity index (χ4n) is 2.74. The second-order valence-corrected chi connectivity index (χ2v) is 5.95. The maximum atomic E-state index is 10.9. The molecule has 0 aliphatic carbocycles. The molecule has 0 aliphatic heterocycles. The van der Waals surface area contributed by atoms with Gasteiger partial charge in [-0.3, -0.25) is 4.79 Å². The SMILES string of the molecule is COc1ccc(-c2cc(CCC(=O)O)nnc2-c2ccc(OC)cc2)cc1. The van der Waals surface area contributed by atoms with E-state index in [0.717, 1.165) is 33.9 Å². The number of carbonyl (C=O) groups is 1. The number of aryl methyl sites for hydroxylation is 1. The predicted molar refractivity (Wildman–Crippen MR) is 102 cm³/mol. The third kappa shape index (κ3) is 4.41. The van der Waals surface area contributed by atoms with Crippen LogP contribution in [0.5, 0.6) is 11.5 Å². The Labute approximate surface area is 157 Å². The molecule has 0 aliphatic rings. The average Bonchev–Trinajstić information content (AvgIpc) is 2.72. The van der Waals surface area contributed by atoms with Crippen LogP contribution in [-0.2, 0) is 11.2 Å². The van der Waals surface area contributed by atoms with Crippen LogP contribution in [0, 0.1) is 0 Å². The van der Waals surface area contributed by atoms with Gasteiger partial charge in [-0.25, -0.2) is 0 Å². The van der Waals surface area contributed by atoms with Crippen molar-refractivity contribution in [2.45, 2.75) is 12.8 Å². The van der Waals surface area contributed by atoms with E-state index in [1.54, 1.807) is 14.2 Å². The first-order valence-corrected chi connectivity index (χ1v) is 8.48. The van der Waals surface area contributed by atoms with Crippen molar-refractivity contribution in [2.24, 2.45) is 0 Å². The van der Waals surface area contributed by atoms with Crippen LogP contribution in [0.2, 0.25) is 0 Å². The molecule has 1 N–H and O–H groups in total. The van der Waals surface area contributed by atoms with Crippen molar-refractivity contribution in [3.63, 3.8) is 0 Å². The van der Waals surface area contributed by atoms with Crippen molar-refractivity contribution in [1.29, 1.82) is 0 Å². The summed E-state index contributed by atoms with van der Waals surface area (Å²) in [4.78, 5) is 10.9. The number of hydrogen-bond acceptors (Lipinski definition) is 5. The lowest BCUT2D eigenvalue weighted by Crippen LogP contribution is -2.02. The molecular weight excluding hydrogens is 344 g/mol. The first-order valence-electron chi connectivity index (χ1n) is 8.48. The second-order valence-electron chi connectivity index (χ2n) is 5.95. The van der Waals surface area contributed by atoms with Crippen LogP contribution >= 0.6 is 0 Å². The normalized spacial score (nSPS) is 10.4. The van der Waals surface area contributed by atoms with Crippen LogP contribution in [0.3, 0.4) is 0 Å². The lowest BCUT2D eigenvalue weighted by molar-refractivity contribution is -0.136. The van der Waals surface area contributed by atoms with Gasteiger partial charge in [-0.2, -0.15) is 5.10 Å². The van der Waals surface area contributed by atoms with Gasteiger partial charge >= 0.3 is 5.97 Å². The number of benzene rings is 2. The Bertz CT molecular complexity index is 922. The van der Waals surface area contributed by atoms with Crippen LogP contribution in [0.15, 0.2) is 54.6 Å². The number of nitrogens with zero attached hydrogens (tertiary/aromatic N) is 2. The van der Waals surface area contributed by atoms with Gasteiger partial charge in [0.25, 0.3) is 0 Å². The molecule has 3 aromatic rings. The minimum Gasteiger partial charge on any atom is -0.497 e. The molecule has 0 atom stereocenters. The zero-order valence-corrected chi connectivity index (χ0v) is 15.2. The fraction of sp³-hybridized carbons (Fsp3) is 0.190. The number of hydrogen-bond donors (Lipinski definition) is 1.